The van der Waals surface area contributed by atoms with Gasteiger partial charge >= 0.3 is 17.8 Å². The molecule has 0 atom stereocenters. The molecule has 3 N–H and O–H groups in total. The number of carbonyl (C=O) groups excluding carboxylic acids is 3. The van der Waals surface area contributed by atoms with Crippen molar-refractivity contribution in [2.24, 2.45) is 4.99 Å². The molecule has 2 amide bonds. The SMILES string of the molecule is COC(=O)C1=C(O)/C(=C\c2ccc(CNC(=O)C(=O)Nc3ccc(F)cc3)o2)N=C1C. The van der Waals surface area contributed by atoms with Gasteiger partial charge in [-0.25, -0.2) is 14.2 Å². The molecule has 0 radical (unpaired) electrons. The monoisotopic (exact) mass is 427 g/mol. The van der Waals surface area contributed by atoms with Crippen molar-refractivity contribution >= 4 is 35.3 Å². The number of nitrogens with zero attached hydrogens (tertiary/aromatic N) is 1. The Morgan fingerprint density at radius 1 is 1.16 bits per heavy atom. The Morgan fingerprint density at radius 2 is 1.87 bits per heavy atom. The number of amides is 2. The molecule has 0 saturated carbocycles. The molecule has 1 aromatic heterocycles. The van der Waals surface area contributed by atoms with Crippen LogP contribution in [0.15, 0.2) is 62.8 Å². The average molecular weight is 427 g/mol. The zero-order valence-electron chi connectivity index (χ0n) is 16.6. The number of hydrogen-bond acceptors (Lipinski definition) is 7. The predicted molar refractivity (Wildman–Crippen MR) is 108 cm³/mol. The molecule has 2 aromatic rings. The number of rotatable bonds is 5. The van der Waals surface area contributed by atoms with E-state index in [4.69, 9.17) is 4.42 Å². The van der Waals surface area contributed by atoms with Crippen molar-refractivity contribution in [3.63, 3.8) is 0 Å². The second-order valence-electron chi connectivity index (χ2n) is 6.39. The summed E-state index contributed by atoms with van der Waals surface area (Å²) < 4.78 is 23.0. The largest absolute Gasteiger partial charge is 0.505 e. The molecule has 31 heavy (non-hydrogen) atoms. The van der Waals surface area contributed by atoms with E-state index in [-0.39, 0.29) is 29.3 Å². The third-order valence-electron chi connectivity index (χ3n) is 4.21. The number of anilines is 1. The van der Waals surface area contributed by atoms with E-state index in [9.17, 15) is 23.9 Å². The molecule has 1 aromatic carbocycles. The van der Waals surface area contributed by atoms with Gasteiger partial charge in [-0.05, 0) is 43.3 Å². The Kier molecular flexibility index (Phi) is 6.29. The molecule has 160 valence electrons. The molecule has 0 bridgehead atoms. The molecule has 1 aliphatic heterocycles. The number of carbonyl (C=O) groups is 3. The second kappa shape index (κ2) is 9.08. The van der Waals surface area contributed by atoms with Gasteiger partial charge in [0.1, 0.15) is 28.6 Å². The van der Waals surface area contributed by atoms with Crippen molar-refractivity contribution < 1.29 is 33.0 Å². The van der Waals surface area contributed by atoms with Crippen LogP contribution in [0.3, 0.4) is 0 Å². The van der Waals surface area contributed by atoms with E-state index in [0.29, 0.717) is 17.2 Å². The van der Waals surface area contributed by atoms with Gasteiger partial charge in [-0.3, -0.25) is 9.59 Å². The number of furan rings is 1. The van der Waals surface area contributed by atoms with Crippen LogP contribution >= 0.6 is 0 Å². The van der Waals surface area contributed by atoms with Gasteiger partial charge in [0, 0.05) is 11.8 Å². The van der Waals surface area contributed by atoms with Crippen LogP contribution in [0.25, 0.3) is 6.08 Å². The summed E-state index contributed by atoms with van der Waals surface area (Å²) in [4.78, 5) is 39.6. The summed E-state index contributed by atoms with van der Waals surface area (Å²) in [6.45, 7) is 1.49. The van der Waals surface area contributed by atoms with Crippen molar-refractivity contribution in [1.82, 2.24) is 5.32 Å². The zero-order valence-corrected chi connectivity index (χ0v) is 16.6. The molecule has 10 heteroatoms. The minimum absolute atomic E-state index is 0.0278. The Bertz CT molecular complexity index is 1130. The fraction of sp³-hybridized carbons (Fsp3) is 0.143. The molecular weight excluding hydrogens is 409 g/mol. The van der Waals surface area contributed by atoms with E-state index >= 15 is 0 Å². The number of benzene rings is 1. The molecule has 1 aliphatic rings. The van der Waals surface area contributed by atoms with Gasteiger partial charge in [-0.1, -0.05) is 0 Å². The lowest BCUT2D eigenvalue weighted by Gasteiger charge is -2.05. The number of aliphatic hydroxyl groups excluding tert-OH is 1. The van der Waals surface area contributed by atoms with Gasteiger partial charge in [-0.15, -0.1) is 0 Å². The molecule has 0 saturated heterocycles. The van der Waals surface area contributed by atoms with E-state index in [1.807, 2.05) is 0 Å². The first kappa shape index (κ1) is 21.5. The Balaban J connectivity index is 1.60. The predicted octanol–water partition coefficient (Wildman–Crippen LogP) is 2.47. The maximum Gasteiger partial charge on any atom is 0.343 e. The molecule has 3 rings (SSSR count). The number of halogens is 1. The lowest BCUT2D eigenvalue weighted by molar-refractivity contribution is -0.136. The van der Waals surface area contributed by atoms with Crippen molar-refractivity contribution in [3.05, 3.63) is 70.8 Å². The van der Waals surface area contributed by atoms with Crippen LogP contribution in [-0.2, 0) is 25.7 Å². The molecule has 0 fully saturated rings. The van der Waals surface area contributed by atoms with Gasteiger partial charge in [0.25, 0.3) is 0 Å². The van der Waals surface area contributed by atoms with Crippen LogP contribution in [0.1, 0.15) is 18.4 Å². The summed E-state index contributed by atoms with van der Waals surface area (Å²) in [6.07, 6.45) is 1.42. The van der Waals surface area contributed by atoms with Gasteiger partial charge < -0.3 is 24.9 Å². The third kappa shape index (κ3) is 5.04. The van der Waals surface area contributed by atoms with Crippen LogP contribution in [0.5, 0.6) is 0 Å². The normalized spacial score (nSPS) is 14.4. The quantitative estimate of drug-likeness (QED) is 0.496. The van der Waals surface area contributed by atoms with E-state index < -0.39 is 23.6 Å². The van der Waals surface area contributed by atoms with Crippen LogP contribution in [0.2, 0.25) is 0 Å². The lowest BCUT2D eigenvalue weighted by atomic mass is 10.1. The first-order chi connectivity index (χ1) is 14.8. The molecule has 0 unspecified atom stereocenters. The molecule has 0 spiro atoms. The van der Waals surface area contributed by atoms with E-state index in [1.54, 1.807) is 19.1 Å². The van der Waals surface area contributed by atoms with Crippen LogP contribution < -0.4 is 10.6 Å². The fourth-order valence-electron chi connectivity index (χ4n) is 2.71. The minimum atomic E-state index is -0.915. The summed E-state index contributed by atoms with van der Waals surface area (Å²) in [5.41, 5.74) is 0.684. The summed E-state index contributed by atoms with van der Waals surface area (Å²) in [7, 11) is 1.20. The van der Waals surface area contributed by atoms with E-state index in [1.165, 1.54) is 25.3 Å². The second-order valence-corrected chi connectivity index (χ2v) is 6.39. The highest BCUT2D eigenvalue weighted by molar-refractivity contribution is 6.39. The topological polar surface area (TPSA) is 130 Å². The van der Waals surface area contributed by atoms with Crippen LogP contribution in [0.4, 0.5) is 10.1 Å². The number of aliphatic imine (C=N–C) groups is 1. The highest BCUT2D eigenvalue weighted by Crippen LogP contribution is 2.26. The standard InChI is InChI=1S/C21H18FN3O6/c1-11-17(21(29)30-2)18(26)16(24-11)9-14-7-8-15(31-14)10-23-19(27)20(28)25-13-5-3-12(22)4-6-13/h3-9,26H,10H2,1-2H3,(H,23,27)(H,25,28)/b16-9+. The van der Waals surface area contributed by atoms with Crippen molar-refractivity contribution in [2.75, 3.05) is 12.4 Å². The van der Waals surface area contributed by atoms with Gasteiger partial charge in [0.05, 0.1) is 19.4 Å². The van der Waals surface area contributed by atoms with E-state index in [2.05, 4.69) is 20.4 Å². The van der Waals surface area contributed by atoms with Crippen molar-refractivity contribution in [3.8, 4) is 0 Å². The molecule has 0 aliphatic carbocycles. The Labute approximate surface area is 175 Å². The number of esters is 1. The molecule has 9 nitrogen and oxygen atoms in total. The van der Waals surface area contributed by atoms with Crippen molar-refractivity contribution in [2.45, 2.75) is 13.5 Å². The average Bonchev–Trinajstić information content (AvgIpc) is 3.31. The lowest BCUT2D eigenvalue weighted by Crippen LogP contribution is -2.34. The summed E-state index contributed by atoms with van der Waals surface area (Å²) in [5, 5.41) is 14.9. The van der Waals surface area contributed by atoms with Gasteiger partial charge in [0.2, 0.25) is 0 Å². The third-order valence-corrected chi connectivity index (χ3v) is 4.21. The highest BCUT2D eigenvalue weighted by atomic mass is 19.1. The van der Waals surface area contributed by atoms with Crippen molar-refractivity contribution in [1.29, 1.82) is 0 Å². The first-order valence-electron chi connectivity index (χ1n) is 9.01. The summed E-state index contributed by atoms with van der Waals surface area (Å²) >= 11 is 0. The number of methoxy groups -OCH3 is 1. The smallest absolute Gasteiger partial charge is 0.343 e. The Morgan fingerprint density at radius 3 is 2.55 bits per heavy atom. The first-order valence-corrected chi connectivity index (χ1v) is 9.01. The Hall–Kier alpha value is -4.21. The van der Waals surface area contributed by atoms with E-state index in [0.717, 1.165) is 12.1 Å². The number of hydrogen-bond donors (Lipinski definition) is 3. The zero-order chi connectivity index (χ0) is 22.5. The number of aliphatic hydroxyl groups is 1. The maximum atomic E-state index is 12.9. The van der Waals surface area contributed by atoms with Crippen LogP contribution in [-0.4, -0.2) is 35.7 Å². The van der Waals surface area contributed by atoms with Gasteiger partial charge in [0.15, 0.2) is 5.76 Å². The fourth-order valence-corrected chi connectivity index (χ4v) is 2.71. The maximum absolute atomic E-state index is 12.9. The summed E-state index contributed by atoms with van der Waals surface area (Å²) in [5.74, 6) is -2.66. The summed E-state index contributed by atoms with van der Waals surface area (Å²) in [6, 6.07) is 8.11. The van der Waals surface area contributed by atoms with Crippen LogP contribution in [0, 0.1) is 5.82 Å². The molecular formula is C21H18FN3O6. The number of nitrogens with one attached hydrogen (secondary N) is 2. The minimum Gasteiger partial charge on any atom is -0.505 e. The van der Waals surface area contributed by atoms with Gasteiger partial charge in [-0.2, -0.15) is 0 Å². The number of ether oxygens (including phenoxy) is 1. The highest BCUT2D eigenvalue weighted by Gasteiger charge is 2.27. The molecule has 2 heterocycles.